The second-order valence-electron chi connectivity index (χ2n) is 4.81. The molecule has 0 fully saturated rings. The molecule has 0 aliphatic heterocycles. The minimum absolute atomic E-state index is 0.329. The summed E-state index contributed by atoms with van der Waals surface area (Å²) in [6.07, 6.45) is 3.90. The van der Waals surface area contributed by atoms with E-state index in [1.165, 1.54) is 26.7 Å². The Kier molecular flexibility index (Phi) is 6.50. The van der Waals surface area contributed by atoms with Crippen LogP contribution in [0.25, 0.3) is 11.3 Å². The van der Waals surface area contributed by atoms with Gasteiger partial charge in [0.2, 0.25) is 0 Å². The maximum absolute atomic E-state index is 10.6. The first-order valence-corrected chi connectivity index (χ1v) is 9.21. The second-order valence-corrected chi connectivity index (χ2v) is 6.98. The summed E-state index contributed by atoms with van der Waals surface area (Å²) in [6, 6.07) is 11.9. The van der Waals surface area contributed by atoms with E-state index in [1.807, 2.05) is 24.4 Å². The van der Waals surface area contributed by atoms with Crippen LogP contribution in [0, 0.1) is 0 Å². The maximum atomic E-state index is 10.6. The molecule has 2 N–H and O–H groups in total. The predicted molar refractivity (Wildman–Crippen MR) is 99.1 cm³/mol. The molecule has 0 radical (unpaired) electrons. The summed E-state index contributed by atoms with van der Waals surface area (Å²) in [7, 11) is 0. The Labute approximate surface area is 144 Å². The summed E-state index contributed by atoms with van der Waals surface area (Å²) >= 11 is 3.27. The van der Waals surface area contributed by atoms with Crippen LogP contribution in [-0.2, 0) is 12.8 Å². The molecule has 120 valence electrons. The number of hydrogen-bond donors (Lipinski definition) is 1. The lowest BCUT2D eigenvalue weighted by Gasteiger charge is -1.99. The lowest BCUT2D eigenvalue weighted by Crippen LogP contribution is -2.07. The number of pyridine rings is 1. The number of primary amides is 1. The van der Waals surface area contributed by atoms with Gasteiger partial charge in [-0.05, 0) is 48.6 Å². The molecule has 0 unspecified atom stereocenters. The van der Waals surface area contributed by atoms with Gasteiger partial charge in [-0.15, -0.1) is 22.7 Å². The van der Waals surface area contributed by atoms with Crippen LogP contribution in [-0.4, -0.2) is 10.9 Å². The molecule has 0 saturated carbocycles. The molecule has 0 atom stereocenters. The number of nitrogens with zero attached hydrogens (tertiary/aromatic N) is 1. The molecule has 0 aliphatic rings. The largest absolute Gasteiger partial charge is 0.365 e. The Hall–Kier alpha value is -1.98. The zero-order valence-electron chi connectivity index (χ0n) is 13.3. The van der Waals surface area contributed by atoms with Gasteiger partial charge in [0.05, 0.1) is 10.6 Å². The van der Waals surface area contributed by atoms with E-state index in [0.29, 0.717) is 4.88 Å². The predicted octanol–water partition coefficient (Wildman–Crippen LogP) is 4.78. The van der Waals surface area contributed by atoms with Gasteiger partial charge in [-0.25, -0.2) is 0 Å². The molecule has 3 aromatic rings. The maximum Gasteiger partial charge on any atom is 0.258 e. The summed E-state index contributed by atoms with van der Waals surface area (Å²) in [5.74, 6) is -0.329. The Morgan fingerprint density at radius 3 is 2.48 bits per heavy atom. The summed E-state index contributed by atoms with van der Waals surface area (Å²) in [5.41, 5.74) is 7.42. The number of aromatic nitrogens is 1. The number of thiophene rings is 2. The van der Waals surface area contributed by atoms with Crippen LogP contribution in [0.3, 0.4) is 0 Å². The number of amides is 1. The fourth-order valence-electron chi connectivity index (χ4n) is 2.07. The Morgan fingerprint density at radius 1 is 1.13 bits per heavy atom. The van der Waals surface area contributed by atoms with Gasteiger partial charge in [-0.3, -0.25) is 9.78 Å². The Bertz CT molecular complexity index is 747. The first-order valence-electron chi connectivity index (χ1n) is 7.52. The third kappa shape index (κ3) is 4.74. The summed E-state index contributed by atoms with van der Waals surface area (Å²) < 4.78 is 0. The highest BCUT2D eigenvalue weighted by molar-refractivity contribution is 7.14. The zero-order chi connectivity index (χ0) is 16.7. The molecule has 0 saturated heterocycles. The first kappa shape index (κ1) is 17.4. The highest BCUT2D eigenvalue weighted by Crippen LogP contribution is 2.26. The van der Waals surface area contributed by atoms with Crippen LogP contribution in [0.4, 0.5) is 0 Å². The van der Waals surface area contributed by atoms with Gasteiger partial charge in [-0.1, -0.05) is 19.9 Å². The smallest absolute Gasteiger partial charge is 0.258 e. The minimum atomic E-state index is -0.329. The van der Waals surface area contributed by atoms with Crippen LogP contribution >= 0.6 is 22.7 Å². The first-order chi connectivity index (χ1) is 11.2. The number of rotatable bonds is 4. The highest BCUT2D eigenvalue weighted by Gasteiger charge is 2.04. The van der Waals surface area contributed by atoms with Gasteiger partial charge in [0.1, 0.15) is 0 Å². The van der Waals surface area contributed by atoms with E-state index in [4.69, 9.17) is 5.73 Å². The number of carbonyl (C=O) groups is 1. The normalized spacial score (nSPS) is 10.0. The molecule has 3 rings (SSSR count). The molecular weight excluding hydrogens is 324 g/mol. The van der Waals surface area contributed by atoms with Crippen LogP contribution in [0.1, 0.15) is 33.3 Å². The molecule has 5 heteroatoms. The van der Waals surface area contributed by atoms with Crippen molar-refractivity contribution >= 4 is 28.6 Å². The van der Waals surface area contributed by atoms with Crippen molar-refractivity contribution in [2.24, 2.45) is 5.73 Å². The van der Waals surface area contributed by atoms with Crippen LogP contribution < -0.4 is 5.73 Å². The van der Waals surface area contributed by atoms with E-state index in [1.54, 1.807) is 17.4 Å². The topological polar surface area (TPSA) is 56.0 Å². The van der Waals surface area contributed by atoms with Gasteiger partial charge >= 0.3 is 0 Å². The summed E-state index contributed by atoms with van der Waals surface area (Å²) in [6.45, 7) is 4.23. The lowest BCUT2D eigenvalue weighted by atomic mass is 10.1. The van der Waals surface area contributed by atoms with Gasteiger partial charge in [-0.2, -0.15) is 0 Å². The number of nitrogens with two attached hydrogens (primary N) is 1. The van der Waals surface area contributed by atoms with E-state index in [2.05, 4.69) is 36.3 Å². The van der Waals surface area contributed by atoms with Gasteiger partial charge in [0.25, 0.3) is 5.91 Å². The third-order valence-electron chi connectivity index (χ3n) is 3.26. The molecule has 1 amide bonds. The molecule has 23 heavy (non-hydrogen) atoms. The van der Waals surface area contributed by atoms with Gasteiger partial charge in [0.15, 0.2) is 0 Å². The monoisotopic (exact) mass is 344 g/mol. The number of hydrogen-bond acceptors (Lipinski definition) is 4. The van der Waals surface area contributed by atoms with Crippen molar-refractivity contribution < 1.29 is 4.79 Å². The van der Waals surface area contributed by atoms with Crippen molar-refractivity contribution in [3.05, 3.63) is 62.6 Å². The number of aryl methyl sites for hydroxylation is 2. The van der Waals surface area contributed by atoms with Crippen molar-refractivity contribution in [1.82, 2.24) is 4.98 Å². The fraction of sp³-hybridized carbons (Fsp3) is 0.222. The SMILES string of the molecule is CCc1ccc(C(N)=O)s1.CCc1sccc1-c1ccccn1. The Morgan fingerprint density at radius 2 is 1.96 bits per heavy atom. The highest BCUT2D eigenvalue weighted by atomic mass is 32.1. The van der Waals surface area contributed by atoms with E-state index in [-0.39, 0.29) is 5.91 Å². The molecule has 3 nitrogen and oxygen atoms in total. The summed E-state index contributed by atoms with van der Waals surface area (Å²) in [4.78, 5) is 18.2. The van der Waals surface area contributed by atoms with Crippen molar-refractivity contribution in [2.75, 3.05) is 0 Å². The minimum Gasteiger partial charge on any atom is -0.365 e. The van der Waals surface area contributed by atoms with Crippen LogP contribution in [0.5, 0.6) is 0 Å². The molecule has 0 spiro atoms. The van der Waals surface area contributed by atoms with E-state index in [9.17, 15) is 4.79 Å². The molecule has 0 aromatic carbocycles. The fourth-order valence-corrected chi connectivity index (χ4v) is 3.70. The quantitative estimate of drug-likeness (QED) is 0.740. The van der Waals surface area contributed by atoms with Crippen LogP contribution in [0.2, 0.25) is 0 Å². The zero-order valence-corrected chi connectivity index (χ0v) is 14.9. The summed E-state index contributed by atoms with van der Waals surface area (Å²) in [5, 5.41) is 2.13. The second kappa shape index (κ2) is 8.60. The average Bonchev–Trinajstić information content (AvgIpc) is 3.25. The molecule has 0 bridgehead atoms. The van der Waals surface area contributed by atoms with E-state index >= 15 is 0 Å². The van der Waals surface area contributed by atoms with Gasteiger partial charge in [0, 0.05) is 21.5 Å². The van der Waals surface area contributed by atoms with Gasteiger partial charge < -0.3 is 5.73 Å². The van der Waals surface area contributed by atoms with Crippen LogP contribution in [0.15, 0.2) is 48.0 Å². The lowest BCUT2D eigenvalue weighted by molar-refractivity contribution is 0.100. The standard InChI is InChI=1S/C11H11NS.C7H9NOS/c1-2-11-9(6-8-13-11)10-5-3-4-7-12-10;1-2-5-3-4-6(10-5)7(8)9/h3-8H,2H2,1H3;3-4H,2H2,1H3,(H2,8,9). The molecule has 0 aliphatic carbocycles. The van der Waals surface area contributed by atoms with E-state index in [0.717, 1.165) is 18.5 Å². The van der Waals surface area contributed by atoms with Crippen molar-refractivity contribution in [3.63, 3.8) is 0 Å². The number of carbonyl (C=O) groups excluding carboxylic acids is 1. The third-order valence-corrected chi connectivity index (χ3v) is 5.57. The van der Waals surface area contributed by atoms with Crippen molar-refractivity contribution in [1.29, 1.82) is 0 Å². The van der Waals surface area contributed by atoms with E-state index < -0.39 is 0 Å². The van der Waals surface area contributed by atoms with Crippen molar-refractivity contribution in [2.45, 2.75) is 26.7 Å². The average molecular weight is 345 g/mol. The Balaban J connectivity index is 0.000000174. The van der Waals surface area contributed by atoms with Crippen molar-refractivity contribution in [3.8, 4) is 11.3 Å². The molecule has 3 heterocycles. The molecule has 3 aromatic heterocycles. The molecular formula is C18H20N2OS2.